The largest absolute Gasteiger partial charge is 0.301 e. The number of anilines is 1. The third kappa shape index (κ3) is 4.69. The molecule has 1 heterocycles. The zero-order chi connectivity index (χ0) is 17.8. The van der Waals surface area contributed by atoms with Crippen molar-refractivity contribution in [1.29, 1.82) is 0 Å². The molecule has 2 aromatic rings. The molecular weight excluding hydrogens is 328 g/mol. The fourth-order valence-corrected chi connectivity index (χ4v) is 4.41. The Kier molecular flexibility index (Phi) is 5.89. The van der Waals surface area contributed by atoms with E-state index < -0.39 is 0 Å². The van der Waals surface area contributed by atoms with E-state index in [1.165, 1.54) is 35.4 Å². The predicted octanol–water partition coefficient (Wildman–Crippen LogP) is 5.35. The first kappa shape index (κ1) is 18.1. The maximum atomic E-state index is 12.6. The van der Waals surface area contributed by atoms with E-state index in [1.807, 2.05) is 6.92 Å². The molecule has 0 unspecified atom stereocenters. The van der Waals surface area contributed by atoms with E-state index >= 15 is 0 Å². The minimum atomic E-state index is -0.170. The van der Waals surface area contributed by atoms with Gasteiger partial charge in [-0.3, -0.25) is 4.79 Å². The van der Waals surface area contributed by atoms with Crippen molar-refractivity contribution < 1.29 is 4.79 Å². The van der Waals surface area contributed by atoms with Crippen LogP contribution in [0.2, 0.25) is 0 Å². The van der Waals surface area contributed by atoms with Crippen molar-refractivity contribution in [1.82, 2.24) is 4.98 Å². The first-order chi connectivity index (χ1) is 12.0. The number of rotatable bonds is 5. The third-order valence-electron chi connectivity index (χ3n) is 4.84. The molecule has 1 amide bonds. The molecule has 4 heteroatoms. The number of benzene rings is 1. The molecule has 0 radical (unpaired) electrons. The minimum Gasteiger partial charge on any atom is -0.301 e. The molecule has 1 atom stereocenters. The van der Waals surface area contributed by atoms with E-state index in [9.17, 15) is 4.79 Å². The summed E-state index contributed by atoms with van der Waals surface area (Å²) in [7, 11) is 0. The number of thiazole rings is 1. The lowest BCUT2D eigenvalue weighted by molar-refractivity contribution is -0.117. The minimum absolute atomic E-state index is 0.0283. The summed E-state index contributed by atoms with van der Waals surface area (Å²) in [5.74, 6) is 0.504. The van der Waals surface area contributed by atoms with E-state index in [2.05, 4.69) is 48.4 Å². The zero-order valence-corrected chi connectivity index (χ0v) is 16.3. The van der Waals surface area contributed by atoms with E-state index in [0.717, 1.165) is 30.0 Å². The maximum Gasteiger partial charge on any atom is 0.233 e. The number of hydrogen-bond donors (Lipinski definition) is 1. The van der Waals surface area contributed by atoms with Gasteiger partial charge in [0.1, 0.15) is 0 Å². The summed E-state index contributed by atoms with van der Waals surface area (Å²) >= 11 is 1.66. The van der Waals surface area contributed by atoms with Gasteiger partial charge < -0.3 is 5.32 Å². The Morgan fingerprint density at radius 3 is 2.56 bits per heavy atom. The highest BCUT2D eigenvalue weighted by Crippen LogP contribution is 2.29. The smallest absolute Gasteiger partial charge is 0.233 e. The van der Waals surface area contributed by atoms with Crippen LogP contribution >= 0.6 is 11.3 Å². The average molecular weight is 357 g/mol. The first-order valence-electron chi connectivity index (χ1n) is 9.41. The van der Waals surface area contributed by atoms with E-state index in [4.69, 9.17) is 0 Å². The van der Waals surface area contributed by atoms with Crippen LogP contribution in [0, 0.1) is 5.92 Å². The molecule has 1 N–H and O–H groups in total. The maximum absolute atomic E-state index is 12.6. The van der Waals surface area contributed by atoms with Crippen LogP contribution in [0.25, 0.3) is 0 Å². The van der Waals surface area contributed by atoms with Gasteiger partial charge in [-0.05, 0) is 56.1 Å². The van der Waals surface area contributed by atoms with Crippen molar-refractivity contribution in [3.8, 4) is 0 Å². The number of fused-ring (bicyclic) bond motifs is 1. The van der Waals surface area contributed by atoms with Crippen LogP contribution in [0.5, 0.6) is 0 Å². The molecule has 1 aromatic carbocycles. The van der Waals surface area contributed by atoms with Crippen LogP contribution in [0.4, 0.5) is 5.13 Å². The van der Waals surface area contributed by atoms with Gasteiger partial charge in [0.05, 0.1) is 11.6 Å². The summed E-state index contributed by atoms with van der Waals surface area (Å²) in [6.45, 7) is 6.41. The summed E-state index contributed by atoms with van der Waals surface area (Å²) in [5, 5.41) is 3.80. The molecule has 1 aromatic heterocycles. The molecule has 0 saturated heterocycles. The number of amides is 1. The van der Waals surface area contributed by atoms with Crippen molar-refractivity contribution in [2.75, 3.05) is 5.32 Å². The monoisotopic (exact) mass is 356 g/mol. The van der Waals surface area contributed by atoms with Crippen LogP contribution in [-0.2, 0) is 24.1 Å². The zero-order valence-electron chi connectivity index (χ0n) is 15.5. The number of carbonyl (C=O) groups excluding carboxylic acids is 1. The highest BCUT2D eigenvalue weighted by atomic mass is 32.1. The molecule has 3 nitrogen and oxygen atoms in total. The quantitative estimate of drug-likeness (QED) is 0.734. The Balaban J connectivity index is 1.64. The van der Waals surface area contributed by atoms with Crippen molar-refractivity contribution >= 4 is 22.4 Å². The van der Waals surface area contributed by atoms with Crippen LogP contribution in [0.3, 0.4) is 0 Å². The molecule has 3 rings (SSSR count). The normalized spacial score (nSPS) is 15.5. The molecule has 0 aliphatic heterocycles. The van der Waals surface area contributed by atoms with Gasteiger partial charge in [-0.1, -0.05) is 44.5 Å². The Hall–Kier alpha value is -1.68. The Bertz CT molecular complexity index is 694. The average Bonchev–Trinajstić information content (AvgIpc) is 2.82. The predicted molar refractivity (Wildman–Crippen MR) is 105 cm³/mol. The Morgan fingerprint density at radius 1 is 1.12 bits per heavy atom. The van der Waals surface area contributed by atoms with Crippen LogP contribution in [0.1, 0.15) is 67.6 Å². The fourth-order valence-electron chi connectivity index (χ4n) is 3.36. The highest BCUT2D eigenvalue weighted by Gasteiger charge is 2.19. The molecule has 0 saturated carbocycles. The lowest BCUT2D eigenvalue weighted by Crippen LogP contribution is -2.18. The van der Waals surface area contributed by atoms with Gasteiger partial charge in [0, 0.05) is 4.88 Å². The summed E-state index contributed by atoms with van der Waals surface area (Å²) in [6.07, 6.45) is 6.97. The van der Waals surface area contributed by atoms with Crippen molar-refractivity contribution in [2.24, 2.45) is 5.92 Å². The summed E-state index contributed by atoms with van der Waals surface area (Å²) in [4.78, 5) is 18.6. The molecule has 1 aliphatic carbocycles. The second-order valence-electron chi connectivity index (χ2n) is 7.50. The highest BCUT2D eigenvalue weighted by molar-refractivity contribution is 7.15. The SMILES string of the molecule is CC(C)Cc1ccc([C@H](C)C(=O)Nc2nc3c(s2)CCCCC3)cc1. The molecule has 1 aliphatic rings. The standard InChI is InChI=1S/C21H28N2OS/c1-14(2)13-16-9-11-17(12-10-16)15(3)20(24)23-21-22-18-7-5-4-6-8-19(18)25-21/h9-12,14-15H,4-8,13H2,1-3H3,(H,22,23,24)/t15-/m0/s1. The Labute approximate surface area is 154 Å². The first-order valence-corrected chi connectivity index (χ1v) is 10.2. The number of nitrogens with one attached hydrogen (secondary N) is 1. The molecule has 134 valence electrons. The molecule has 25 heavy (non-hydrogen) atoms. The van der Waals surface area contributed by atoms with Crippen LogP contribution < -0.4 is 5.32 Å². The van der Waals surface area contributed by atoms with Gasteiger partial charge >= 0.3 is 0 Å². The van der Waals surface area contributed by atoms with Gasteiger partial charge in [-0.15, -0.1) is 11.3 Å². The second kappa shape index (κ2) is 8.13. The molecule has 0 spiro atoms. The van der Waals surface area contributed by atoms with Crippen LogP contribution in [-0.4, -0.2) is 10.9 Å². The van der Waals surface area contributed by atoms with Crippen molar-refractivity contribution in [3.63, 3.8) is 0 Å². The number of hydrogen-bond acceptors (Lipinski definition) is 3. The number of aromatic nitrogens is 1. The lowest BCUT2D eigenvalue weighted by atomic mass is 9.96. The van der Waals surface area contributed by atoms with Gasteiger partial charge in [-0.25, -0.2) is 4.98 Å². The fraction of sp³-hybridized carbons (Fsp3) is 0.524. The topological polar surface area (TPSA) is 42.0 Å². The molecule has 0 fully saturated rings. The molecule has 0 bridgehead atoms. The lowest BCUT2D eigenvalue weighted by Gasteiger charge is -2.12. The second-order valence-corrected chi connectivity index (χ2v) is 8.58. The van der Waals surface area contributed by atoms with Gasteiger partial charge in [-0.2, -0.15) is 0 Å². The summed E-state index contributed by atoms with van der Waals surface area (Å²) in [5.41, 5.74) is 3.58. The van der Waals surface area contributed by atoms with Crippen LogP contribution in [0.15, 0.2) is 24.3 Å². The van der Waals surface area contributed by atoms with Gasteiger partial charge in [0.2, 0.25) is 5.91 Å². The van der Waals surface area contributed by atoms with Crippen molar-refractivity contribution in [2.45, 2.75) is 65.2 Å². The molecular formula is C21H28N2OS. The van der Waals surface area contributed by atoms with Gasteiger partial charge in [0.25, 0.3) is 0 Å². The summed E-state index contributed by atoms with van der Waals surface area (Å²) < 4.78 is 0. The van der Waals surface area contributed by atoms with E-state index in [0.29, 0.717) is 5.92 Å². The third-order valence-corrected chi connectivity index (χ3v) is 5.92. The van der Waals surface area contributed by atoms with E-state index in [-0.39, 0.29) is 11.8 Å². The number of aryl methyl sites for hydroxylation is 2. The number of carbonyl (C=O) groups is 1. The van der Waals surface area contributed by atoms with E-state index in [1.54, 1.807) is 11.3 Å². The van der Waals surface area contributed by atoms with Gasteiger partial charge in [0.15, 0.2) is 5.13 Å². The Morgan fingerprint density at radius 2 is 1.84 bits per heavy atom. The summed E-state index contributed by atoms with van der Waals surface area (Å²) in [6, 6.07) is 8.45. The van der Waals surface area contributed by atoms with Crippen molar-refractivity contribution in [3.05, 3.63) is 46.0 Å². The number of nitrogens with zero attached hydrogens (tertiary/aromatic N) is 1.